The van der Waals surface area contributed by atoms with Gasteiger partial charge in [0.2, 0.25) is 5.91 Å². The zero-order chi connectivity index (χ0) is 17.9. The SMILES string of the molecule is O=C(NCC1CCCN(C(=O)c2ccc3nncn3c2)C1)C1CCCN1. The minimum Gasteiger partial charge on any atom is -0.354 e. The van der Waals surface area contributed by atoms with Crippen molar-refractivity contribution in [2.75, 3.05) is 26.2 Å². The molecule has 0 saturated carbocycles. The van der Waals surface area contributed by atoms with Crippen molar-refractivity contribution in [3.05, 3.63) is 30.2 Å². The lowest BCUT2D eigenvalue weighted by molar-refractivity contribution is -0.123. The topological polar surface area (TPSA) is 91.6 Å². The summed E-state index contributed by atoms with van der Waals surface area (Å²) in [7, 11) is 0. The standard InChI is InChI=1S/C18H24N6O2/c25-17(15-4-1-7-19-15)20-9-13-3-2-8-23(10-13)18(26)14-5-6-16-22-21-12-24(16)11-14/h5-6,11-13,15,19H,1-4,7-10H2,(H,20,25). The molecule has 0 bridgehead atoms. The third kappa shape index (κ3) is 3.55. The maximum absolute atomic E-state index is 12.8. The molecule has 0 radical (unpaired) electrons. The molecule has 4 rings (SSSR count). The van der Waals surface area contributed by atoms with E-state index in [4.69, 9.17) is 0 Å². The van der Waals surface area contributed by atoms with Crippen molar-refractivity contribution in [2.24, 2.45) is 5.92 Å². The van der Waals surface area contributed by atoms with Gasteiger partial charge in [0.25, 0.3) is 5.91 Å². The number of hydrogen-bond acceptors (Lipinski definition) is 5. The second-order valence-corrected chi connectivity index (χ2v) is 7.17. The van der Waals surface area contributed by atoms with Crippen LogP contribution in [-0.4, -0.2) is 63.5 Å². The molecule has 2 aliphatic rings. The fourth-order valence-electron chi connectivity index (χ4n) is 3.83. The molecule has 2 atom stereocenters. The predicted octanol–water partition coefficient (Wildman–Crippen LogP) is 0.450. The number of aromatic nitrogens is 3. The molecule has 2 aromatic rings. The molecular formula is C18H24N6O2. The van der Waals surface area contributed by atoms with E-state index in [-0.39, 0.29) is 17.9 Å². The molecule has 0 aromatic carbocycles. The van der Waals surface area contributed by atoms with Crippen LogP contribution in [0.15, 0.2) is 24.7 Å². The van der Waals surface area contributed by atoms with Gasteiger partial charge in [0.15, 0.2) is 5.65 Å². The summed E-state index contributed by atoms with van der Waals surface area (Å²) in [6.07, 6.45) is 7.33. The first-order valence-electron chi connectivity index (χ1n) is 9.30. The van der Waals surface area contributed by atoms with E-state index in [1.54, 1.807) is 29.1 Å². The van der Waals surface area contributed by atoms with E-state index in [0.717, 1.165) is 44.4 Å². The van der Waals surface area contributed by atoms with Crippen LogP contribution in [0, 0.1) is 5.92 Å². The van der Waals surface area contributed by atoms with Crippen LogP contribution in [0.5, 0.6) is 0 Å². The number of nitrogens with zero attached hydrogens (tertiary/aromatic N) is 4. The van der Waals surface area contributed by atoms with Gasteiger partial charge in [0, 0.05) is 25.8 Å². The van der Waals surface area contributed by atoms with Gasteiger partial charge < -0.3 is 15.5 Å². The van der Waals surface area contributed by atoms with Crippen LogP contribution in [0.2, 0.25) is 0 Å². The van der Waals surface area contributed by atoms with Gasteiger partial charge in [-0.1, -0.05) is 0 Å². The van der Waals surface area contributed by atoms with Gasteiger partial charge in [-0.25, -0.2) is 0 Å². The van der Waals surface area contributed by atoms with Crippen LogP contribution >= 0.6 is 0 Å². The van der Waals surface area contributed by atoms with Crippen LogP contribution in [0.25, 0.3) is 5.65 Å². The Morgan fingerprint density at radius 1 is 1.27 bits per heavy atom. The lowest BCUT2D eigenvalue weighted by atomic mass is 9.97. The average molecular weight is 356 g/mol. The number of rotatable bonds is 4. The van der Waals surface area contributed by atoms with Crippen LogP contribution in [0.3, 0.4) is 0 Å². The highest BCUT2D eigenvalue weighted by molar-refractivity contribution is 5.94. The van der Waals surface area contributed by atoms with E-state index in [2.05, 4.69) is 20.8 Å². The van der Waals surface area contributed by atoms with Crippen molar-refractivity contribution in [1.82, 2.24) is 30.1 Å². The molecule has 2 aromatic heterocycles. The minimum absolute atomic E-state index is 0.0223. The van der Waals surface area contributed by atoms with E-state index in [1.807, 2.05) is 4.90 Å². The number of piperidine rings is 1. The second kappa shape index (κ2) is 7.41. The zero-order valence-corrected chi connectivity index (χ0v) is 14.7. The molecule has 2 amide bonds. The third-order valence-corrected chi connectivity index (χ3v) is 5.29. The summed E-state index contributed by atoms with van der Waals surface area (Å²) in [5.74, 6) is 0.412. The smallest absolute Gasteiger partial charge is 0.255 e. The number of hydrogen-bond donors (Lipinski definition) is 2. The van der Waals surface area contributed by atoms with Gasteiger partial charge in [0.1, 0.15) is 6.33 Å². The van der Waals surface area contributed by atoms with Gasteiger partial charge >= 0.3 is 0 Å². The number of pyridine rings is 1. The Labute approximate surface area is 152 Å². The van der Waals surface area contributed by atoms with Crippen molar-refractivity contribution in [1.29, 1.82) is 0 Å². The van der Waals surface area contributed by atoms with Crippen molar-refractivity contribution in [2.45, 2.75) is 31.7 Å². The van der Waals surface area contributed by atoms with Gasteiger partial charge in [-0.15, -0.1) is 10.2 Å². The molecule has 26 heavy (non-hydrogen) atoms. The van der Waals surface area contributed by atoms with Crippen LogP contribution < -0.4 is 10.6 Å². The van der Waals surface area contributed by atoms with Crippen molar-refractivity contribution in [3.8, 4) is 0 Å². The first-order valence-corrected chi connectivity index (χ1v) is 9.30. The minimum atomic E-state index is -0.0492. The van der Waals surface area contributed by atoms with Gasteiger partial charge in [-0.3, -0.25) is 14.0 Å². The highest BCUT2D eigenvalue weighted by Gasteiger charge is 2.27. The lowest BCUT2D eigenvalue weighted by Gasteiger charge is -2.33. The summed E-state index contributed by atoms with van der Waals surface area (Å²) in [5.41, 5.74) is 1.36. The molecule has 2 aliphatic heterocycles. The zero-order valence-electron chi connectivity index (χ0n) is 14.7. The van der Waals surface area contributed by atoms with Crippen LogP contribution in [0.4, 0.5) is 0 Å². The number of carbonyl (C=O) groups is 2. The van der Waals surface area contributed by atoms with Gasteiger partial charge in [0.05, 0.1) is 11.6 Å². The van der Waals surface area contributed by atoms with Crippen molar-refractivity contribution in [3.63, 3.8) is 0 Å². The molecular weight excluding hydrogens is 332 g/mol. The Hall–Kier alpha value is -2.48. The average Bonchev–Trinajstić information content (AvgIpc) is 3.36. The molecule has 2 unspecified atom stereocenters. The van der Waals surface area contributed by atoms with E-state index >= 15 is 0 Å². The van der Waals surface area contributed by atoms with Crippen molar-refractivity contribution < 1.29 is 9.59 Å². The number of nitrogens with one attached hydrogen (secondary N) is 2. The van der Waals surface area contributed by atoms with Crippen LogP contribution in [-0.2, 0) is 4.79 Å². The quantitative estimate of drug-likeness (QED) is 0.830. The second-order valence-electron chi connectivity index (χ2n) is 7.17. The highest BCUT2D eigenvalue weighted by Crippen LogP contribution is 2.18. The third-order valence-electron chi connectivity index (χ3n) is 5.29. The maximum Gasteiger partial charge on any atom is 0.255 e. The Kier molecular flexibility index (Phi) is 4.83. The lowest BCUT2D eigenvalue weighted by Crippen LogP contribution is -2.46. The monoisotopic (exact) mass is 356 g/mol. The van der Waals surface area contributed by atoms with Crippen molar-refractivity contribution >= 4 is 17.5 Å². The number of likely N-dealkylation sites (tertiary alicyclic amines) is 1. The molecule has 2 fully saturated rings. The summed E-state index contributed by atoms with van der Waals surface area (Å²) in [6, 6.07) is 3.55. The van der Waals surface area contributed by atoms with Gasteiger partial charge in [-0.05, 0) is 50.3 Å². The fourth-order valence-corrected chi connectivity index (χ4v) is 3.83. The van der Waals surface area contributed by atoms with E-state index in [9.17, 15) is 9.59 Å². The number of carbonyl (C=O) groups excluding carboxylic acids is 2. The number of fused-ring (bicyclic) bond motifs is 1. The van der Waals surface area contributed by atoms with E-state index in [0.29, 0.717) is 24.6 Å². The molecule has 8 nitrogen and oxygen atoms in total. The Morgan fingerprint density at radius 2 is 2.19 bits per heavy atom. The summed E-state index contributed by atoms with van der Waals surface area (Å²) in [5, 5.41) is 14.1. The van der Waals surface area contributed by atoms with Gasteiger partial charge in [-0.2, -0.15) is 0 Å². The summed E-state index contributed by atoms with van der Waals surface area (Å²) in [6.45, 7) is 2.98. The summed E-state index contributed by atoms with van der Waals surface area (Å²) >= 11 is 0. The van der Waals surface area contributed by atoms with E-state index < -0.39 is 0 Å². The predicted molar refractivity (Wildman–Crippen MR) is 95.6 cm³/mol. The first-order chi connectivity index (χ1) is 12.7. The largest absolute Gasteiger partial charge is 0.354 e. The normalized spacial score (nSPS) is 23.3. The first kappa shape index (κ1) is 17.0. The van der Waals surface area contributed by atoms with Crippen LogP contribution in [0.1, 0.15) is 36.0 Å². The Bertz CT molecular complexity index is 798. The maximum atomic E-state index is 12.8. The summed E-state index contributed by atoms with van der Waals surface area (Å²) in [4.78, 5) is 26.9. The Morgan fingerprint density at radius 3 is 3.04 bits per heavy atom. The molecule has 138 valence electrons. The molecule has 0 aliphatic carbocycles. The highest BCUT2D eigenvalue weighted by atomic mass is 16.2. The molecule has 2 saturated heterocycles. The fraction of sp³-hybridized carbons (Fsp3) is 0.556. The molecule has 8 heteroatoms. The summed E-state index contributed by atoms with van der Waals surface area (Å²) < 4.78 is 1.75. The van der Waals surface area contributed by atoms with E-state index in [1.165, 1.54) is 0 Å². The molecule has 4 heterocycles. The molecule has 0 spiro atoms. The Balaban J connectivity index is 1.35. The molecule has 2 N–H and O–H groups in total. The number of amides is 2.